The van der Waals surface area contributed by atoms with Gasteiger partial charge >= 0.3 is 0 Å². The predicted molar refractivity (Wildman–Crippen MR) is 86.8 cm³/mol. The fraction of sp³-hybridized carbons (Fsp3) is 0.500. The molecule has 0 aliphatic heterocycles. The van der Waals surface area contributed by atoms with Gasteiger partial charge in [0.1, 0.15) is 5.52 Å². The maximum atomic E-state index is 4.51. The largest absolute Gasteiger partial charge is 0.380 e. The molecule has 3 atom stereocenters. The molecular formula is C16H20BrN3. The van der Waals surface area contributed by atoms with Gasteiger partial charge < -0.3 is 5.32 Å². The molecule has 3 unspecified atom stereocenters. The molecule has 0 aromatic carbocycles. The summed E-state index contributed by atoms with van der Waals surface area (Å²) in [7, 11) is 0. The minimum Gasteiger partial charge on any atom is -0.380 e. The Kier molecular flexibility index (Phi) is 3.92. The number of anilines is 1. The zero-order valence-electron chi connectivity index (χ0n) is 11.9. The van der Waals surface area contributed by atoms with Crippen molar-refractivity contribution in [1.82, 2.24) is 9.97 Å². The molecule has 0 saturated heterocycles. The summed E-state index contributed by atoms with van der Waals surface area (Å²) in [4.78, 5) is 8.90. The van der Waals surface area contributed by atoms with Gasteiger partial charge in [-0.25, -0.2) is 0 Å². The van der Waals surface area contributed by atoms with Gasteiger partial charge in [0.25, 0.3) is 0 Å². The molecule has 0 bridgehead atoms. The van der Waals surface area contributed by atoms with E-state index in [4.69, 9.17) is 0 Å². The lowest BCUT2D eigenvalue weighted by Crippen LogP contribution is -2.30. The van der Waals surface area contributed by atoms with Crippen LogP contribution in [-0.4, -0.2) is 16.0 Å². The Hall–Kier alpha value is -1.16. The molecule has 2 heterocycles. The van der Waals surface area contributed by atoms with Crippen molar-refractivity contribution < 1.29 is 0 Å². The Balaban J connectivity index is 1.84. The molecule has 20 heavy (non-hydrogen) atoms. The molecule has 1 aliphatic carbocycles. The van der Waals surface area contributed by atoms with Crippen LogP contribution in [0.3, 0.4) is 0 Å². The van der Waals surface area contributed by atoms with Crippen LogP contribution in [0, 0.1) is 11.8 Å². The average Bonchev–Trinajstić information content (AvgIpc) is 2.43. The fourth-order valence-electron chi connectivity index (χ4n) is 3.02. The molecule has 2 aromatic rings. The molecule has 1 aliphatic rings. The van der Waals surface area contributed by atoms with E-state index in [0.29, 0.717) is 6.04 Å². The van der Waals surface area contributed by atoms with Gasteiger partial charge in [-0.2, -0.15) is 0 Å². The first-order valence-corrected chi connectivity index (χ1v) is 8.09. The molecule has 2 aromatic heterocycles. The van der Waals surface area contributed by atoms with Crippen molar-refractivity contribution in [2.24, 2.45) is 11.8 Å². The van der Waals surface area contributed by atoms with Crippen molar-refractivity contribution in [2.45, 2.75) is 39.2 Å². The Labute approximate surface area is 128 Å². The highest BCUT2D eigenvalue weighted by atomic mass is 79.9. The lowest BCUT2D eigenvalue weighted by Gasteiger charge is -2.33. The van der Waals surface area contributed by atoms with Crippen LogP contribution >= 0.6 is 15.9 Å². The molecule has 0 radical (unpaired) electrons. The highest BCUT2D eigenvalue weighted by molar-refractivity contribution is 9.10. The lowest BCUT2D eigenvalue weighted by molar-refractivity contribution is 0.261. The number of hydrogen-bond acceptors (Lipinski definition) is 3. The number of pyridine rings is 2. The molecule has 1 saturated carbocycles. The minimum atomic E-state index is 0.553. The summed E-state index contributed by atoms with van der Waals surface area (Å²) in [6, 6.07) is 4.60. The van der Waals surface area contributed by atoms with Crippen LogP contribution in [0.2, 0.25) is 0 Å². The summed E-state index contributed by atoms with van der Waals surface area (Å²) in [6.45, 7) is 4.72. The van der Waals surface area contributed by atoms with Crippen LogP contribution in [0.5, 0.6) is 0 Å². The monoisotopic (exact) mass is 333 g/mol. The van der Waals surface area contributed by atoms with E-state index < -0.39 is 0 Å². The van der Waals surface area contributed by atoms with Crippen LogP contribution < -0.4 is 5.32 Å². The number of nitrogens with one attached hydrogen (secondary N) is 1. The molecule has 0 spiro atoms. The predicted octanol–water partition coefficient (Wildman–Crippen LogP) is 4.63. The van der Waals surface area contributed by atoms with Crippen LogP contribution in [0.1, 0.15) is 33.1 Å². The summed E-state index contributed by atoms with van der Waals surface area (Å²) in [5, 5.41) is 3.68. The molecule has 1 fully saturated rings. The van der Waals surface area contributed by atoms with Gasteiger partial charge in [0.05, 0.1) is 11.2 Å². The third-order valence-electron chi connectivity index (χ3n) is 4.50. The Bertz CT molecular complexity index is 614. The van der Waals surface area contributed by atoms with Gasteiger partial charge in [-0.05, 0) is 59.2 Å². The number of fused-ring (bicyclic) bond motifs is 1. The quantitative estimate of drug-likeness (QED) is 0.870. The van der Waals surface area contributed by atoms with Gasteiger partial charge in [-0.15, -0.1) is 0 Å². The van der Waals surface area contributed by atoms with E-state index in [1.54, 1.807) is 0 Å². The molecular weight excluding hydrogens is 314 g/mol. The number of hydrogen-bond donors (Lipinski definition) is 1. The van der Waals surface area contributed by atoms with E-state index >= 15 is 0 Å². The van der Waals surface area contributed by atoms with Gasteiger partial charge in [0.2, 0.25) is 0 Å². The first-order chi connectivity index (χ1) is 9.63. The number of rotatable bonds is 2. The summed E-state index contributed by atoms with van der Waals surface area (Å²) in [5.74, 6) is 1.63. The molecule has 1 N–H and O–H groups in total. The highest BCUT2D eigenvalue weighted by Gasteiger charge is 2.24. The molecule has 3 rings (SSSR count). The summed E-state index contributed by atoms with van der Waals surface area (Å²) >= 11 is 3.45. The van der Waals surface area contributed by atoms with E-state index in [2.05, 4.69) is 45.1 Å². The summed E-state index contributed by atoms with van der Waals surface area (Å²) < 4.78 is 0.967. The number of halogens is 1. The minimum absolute atomic E-state index is 0.553. The van der Waals surface area contributed by atoms with Gasteiger partial charge in [0.15, 0.2) is 0 Å². The van der Waals surface area contributed by atoms with Crippen LogP contribution in [0.4, 0.5) is 5.69 Å². The smallest absolute Gasteiger partial charge is 0.112 e. The van der Waals surface area contributed by atoms with Crippen LogP contribution in [-0.2, 0) is 0 Å². The van der Waals surface area contributed by atoms with E-state index in [0.717, 1.165) is 33.0 Å². The average molecular weight is 334 g/mol. The zero-order chi connectivity index (χ0) is 14.1. The molecule has 106 valence electrons. The second-order valence-corrected chi connectivity index (χ2v) is 6.90. The van der Waals surface area contributed by atoms with Gasteiger partial charge in [-0.3, -0.25) is 9.97 Å². The van der Waals surface area contributed by atoms with Crippen LogP contribution in [0.15, 0.2) is 29.0 Å². The normalized spacial score (nSPS) is 26.6. The number of nitrogens with zero attached hydrogens (tertiary/aromatic N) is 2. The van der Waals surface area contributed by atoms with Crippen molar-refractivity contribution in [3.63, 3.8) is 0 Å². The van der Waals surface area contributed by atoms with E-state index in [-0.39, 0.29) is 0 Å². The second kappa shape index (κ2) is 5.68. The Morgan fingerprint density at radius 3 is 2.85 bits per heavy atom. The number of aromatic nitrogens is 2. The van der Waals surface area contributed by atoms with Crippen molar-refractivity contribution in [3.8, 4) is 0 Å². The molecule has 0 amide bonds. The van der Waals surface area contributed by atoms with Gasteiger partial charge in [-0.1, -0.05) is 13.8 Å². The first-order valence-electron chi connectivity index (χ1n) is 7.30. The Morgan fingerprint density at radius 2 is 2.05 bits per heavy atom. The molecule has 3 nitrogen and oxygen atoms in total. The summed E-state index contributed by atoms with van der Waals surface area (Å²) in [5.41, 5.74) is 3.00. The van der Waals surface area contributed by atoms with E-state index in [1.807, 2.05) is 24.5 Å². The van der Waals surface area contributed by atoms with Gasteiger partial charge in [0, 0.05) is 22.9 Å². The van der Waals surface area contributed by atoms with E-state index in [1.165, 1.54) is 19.3 Å². The first kappa shape index (κ1) is 13.8. The third-order valence-corrected chi connectivity index (χ3v) is 4.94. The van der Waals surface area contributed by atoms with Crippen molar-refractivity contribution >= 4 is 32.7 Å². The maximum absolute atomic E-state index is 4.51. The van der Waals surface area contributed by atoms with Crippen molar-refractivity contribution in [1.29, 1.82) is 0 Å². The summed E-state index contributed by atoms with van der Waals surface area (Å²) in [6.07, 6.45) is 7.47. The highest BCUT2D eigenvalue weighted by Crippen LogP contribution is 2.32. The zero-order valence-corrected chi connectivity index (χ0v) is 13.5. The SMILES string of the molecule is CC1CCC(Nc2ccnc3cc(Br)cnc23)CC1C. The second-order valence-electron chi connectivity index (χ2n) is 5.99. The Morgan fingerprint density at radius 1 is 1.20 bits per heavy atom. The van der Waals surface area contributed by atoms with Crippen molar-refractivity contribution in [2.75, 3.05) is 5.32 Å². The fourth-order valence-corrected chi connectivity index (χ4v) is 3.34. The third kappa shape index (κ3) is 2.80. The maximum Gasteiger partial charge on any atom is 0.112 e. The van der Waals surface area contributed by atoms with Crippen molar-refractivity contribution in [3.05, 3.63) is 29.0 Å². The topological polar surface area (TPSA) is 37.8 Å². The lowest BCUT2D eigenvalue weighted by atomic mass is 9.79. The van der Waals surface area contributed by atoms with E-state index in [9.17, 15) is 0 Å². The standard InChI is InChI=1S/C16H20BrN3/c1-10-3-4-13(7-11(10)2)20-14-5-6-18-15-8-12(17)9-19-16(14)15/h5-6,8-11,13H,3-4,7H2,1-2H3,(H,18,20). The van der Waals surface area contributed by atoms with Crippen LogP contribution in [0.25, 0.3) is 11.0 Å². The molecule has 4 heteroatoms.